The predicted molar refractivity (Wildman–Crippen MR) is 111 cm³/mol. The number of rotatable bonds is 4. The van der Waals surface area contributed by atoms with Crippen LogP contribution in [0.15, 0.2) is 48.5 Å². The predicted octanol–water partition coefficient (Wildman–Crippen LogP) is 3.67. The van der Waals surface area contributed by atoms with Gasteiger partial charge in [-0.15, -0.1) is 0 Å². The van der Waals surface area contributed by atoms with Gasteiger partial charge in [0.05, 0.1) is 12.1 Å². The second-order valence-electron chi connectivity index (χ2n) is 7.47. The van der Waals surface area contributed by atoms with Crippen molar-refractivity contribution >= 4 is 16.7 Å². The summed E-state index contributed by atoms with van der Waals surface area (Å²) in [5, 5.41) is 11.0. The third-order valence-corrected chi connectivity index (χ3v) is 5.60. The molecule has 1 saturated heterocycles. The van der Waals surface area contributed by atoms with Crippen LogP contribution >= 0.6 is 0 Å². The van der Waals surface area contributed by atoms with E-state index in [4.69, 9.17) is 4.98 Å². The molecule has 0 spiro atoms. The maximum Gasteiger partial charge on any atom is 0.134 e. The first-order valence-corrected chi connectivity index (χ1v) is 9.67. The van der Waals surface area contributed by atoms with Gasteiger partial charge < -0.3 is 10.0 Å². The fourth-order valence-electron chi connectivity index (χ4n) is 3.92. The standard InChI is InChI=1S/C23H27N3O/c1-17-6-3-4-8-20(17)15-25-10-12-26(13-11-25)23-21(16-27)14-19-9-5-7-18(2)22(19)24-23/h3-9,14,27H,10-13,15-16H2,1-2H3. The van der Waals surface area contributed by atoms with Crippen LogP contribution in [0.1, 0.15) is 22.3 Å². The fraction of sp³-hybridized carbons (Fsp3) is 0.348. The van der Waals surface area contributed by atoms with Crippen LogP contribution in [-0.4, -0.2) is 41.2 Å². The smallest absolute Gasteiger partial charge is 0.134 e. The molecule has 0 bridgehead atoms. The molecule has 0 amide bonds. The second kappa shape index (κ2) is 7.67. The van der Waals surface area contributed by atoms with E-state index in [1.807, 2.05) is 6.07 Å². The number of para-hydroxylation sites is 1. The lowest BCUT2D eigenvalue weighted by Gasteiger charge is -2.36. The van der Waals surface area contributed by atoms with Gasteiger partial charge in [0, 0.05) is 43.7 Å². The van der Waals surface area contributed by atoms with E-state index in [1.165, 1.54) is 16.7 Å². The lowest BCUT2D eigenvalue weighted by Crippen LogP contribution is -2.46. The van der Waals surface area contributed by atoms with Crippen LogP contribution in [-0.2, 0) is 13.2 Å². The van der Waals surface area contributed by atoms with E-state index in [9.17, 15) is 5.11 Å². The molecular weight excluding hydrogens is 334 g/mol. The van der Waals surface area contributed by atoms with E-state index in [0.29, 0.717) is 0 Å². The molecule has 2 aromatic carbocycles. The Hall–Kier alpha value is -2.43. The molecule has 0 radical (unpaired) electrons. The summed E-state index contributed by atoms with van der Waals surface area (Å²) in [6.45, 7) is 9.18. The molecule has 27 heavy (non-hydrogen) atoms. The zero-order valence-electron chi connectivity index (χ0n) is 16.2. The number of anilines is 1. The summed E-state index contributed by atoms with van der Waals surface area (Å²) < 4.78 is 0. The number of pyridine rings is 1. The van der Waals surface area contributed by atoms with Crippen molar-refractivity contribution in [3.63, 3.8) is 0 Å². The summed E-state index contributed by atoms with van der Waals surface area (Å²) in [6, 6.07) is 16.9. The molecule has 0 saturated carbocycles. The minimum absolute atomic E-state index is 0.0235. The molecule has 1 aromatic heterocycles. The van der Waals surface area contributed by atoms with Crippen molar-refractivity contribution in [2.24, 2.45) is 0 Å². The van der Waals surface area contributed by atoms with Gasteiger partial charge in [0.2, 0.25) is 0 Å². The van der Waals surface area contributed by atoms with Gasteiger partial charge in [-0.1, -0.05) is 42.5 Å². The zero-order chi connectivity index (χ0) is 18.8. The van der Waals surface area contributed by atoms with Crippen LogP contribution in [0.25, 0.3) is 10.9 Å². The van der Waals surface area contributed by atoms with Crippen molar-refractivity contribution < 1.29 is 5.11 Å². The third-order valence-electron chi connectivity index (χ3n) is 5.60. The van der Waals surface area contributed by atoms with Gasteiger partial charge in [-0.2, -0.15) is 0 Å². The maximum atomic E-state index is 9.88. The highest BCUT2D eigenvalue weighted by Gasteiger charge is 2.21. The Balaban J connectivity index is 1.52. The van der Waals surface area contributed by atoms with E-state index in [0.717, 1.165) is 55.0 Å². The third kappa shape index (κ3) is 3.68. The van der Waals surface area contributed by atoms with Crippen molar-refractivity contribution in [1.82, 2.24) is 9.88 Å². The molecule has 0 aliphatic carbocycles. The molecule has 4 rings (SSSR count). The first-order valence-electron chi connectivity index (χ1n) is 9.67. The van der Waals surface area contributed by atoms with Crippen LogP contribution in [0.3, 0.4) is 0 Å². The number of hydrogen-bond donors (Lipinski definition) is 1. The minimum Gasteiger partial charge on any atom is -0.392 e. The van der Waals surface area contributed by atoms with Gasteiger partial charge in [-0.3, -0.25) is 4.90 Å². The van der Waals surface area contributed by atoms with Crippen LogP contribution in [0, 0.1) is 13.8 Å². The highest BCUT2D eigenvalue weighted by Crippen LogP contribution is 2.27. The van der Waals surface area contributed by atoms with Crippen LogP contribution in [0.5, 0.6) is 0 Å². The summed E-state index contributed by atoms with van der Waals surface area (Å²) >= 11 is 0. The number of piperazine rings is 1. The lowest BCUT2D eigenvalue weighted by molar-refractivity contribution is 0.247. The summed E-state index contributed by atoms with van der Waals surface area (Å²) in [5.41, 5.74) is 5.89. The number of hydrogen-bond acceptors (Lipinski definition) is 4. The summed E-state index contributed by atoms with van der Waals surface area (Å²) in [5.74, 6) is 0.940. The number of benzene rings is 2. The Morgan fingerprint density at radius 3 is 2.37 bits per heavy atom. The topological polar surface area (TPSA) is 39.6 Å². The van der Waals surface area contributed by atoms with Crippen LogP contribution in [0.2, 0.25) is 0 Å². The number of aliphatic hydroxyl groups excluding tert-OH is 1. The summed E-state index contributed by atoms with van der Waals surface area (Å²) in [4.78, 5) is 9.77. The zero-order valence-corrected chi connectivity index (χ0v) is 16.2. The van der Waals surface area contributed by atoms with Crippen molar-refractivity contribution in [3.8, 4) is 0 Å². The van der Waals surface area contributed by atoms with Crippen LogP contribution < -0.4 is 4.90 Å². The molecule has 4 nitrogen and oxygen atoms in total. The van der Waals surface area contributed by atoms with Crippen molar-refractivity contribution in [2.75, 3.05) is 31.1 Å². The van der Waals surface area contributed by atoms with E-state index in [1.54, 1.807) is 0 Å². The quantitative estimate of drug-likeness (QED) is 0.770. The van der Waals surface area contributed by atoms with E-state index in [2.05, 4.69) is 66.1 Å². The van der Waals surface area contributed by atoms with Gasteiger partial charge in [-0.25, -0.2) is 4.98 Å². The largest absolute Gasteiger partial charge is 0.392 e. The molecule has 3 aromatic rings. The molecule has 140 valence electrons. The minimum atomic E-state index is 0.0235. The first kappa shape index (κ1) is 18.0. The average molecular weight is 361 g/mol. The molecule has 2 heterocycles. The Labute approximate surface area is 161 Å². The van der Waals surface area contributed by atoms with Gasteiger partial charge >= 0.3 is 0 Å². The van der Waals surface area contributed by atoms with E-state index in [-0.39, 0.29) is 6.61 Å². The van der Waals surface area contributed by atoms with Gasteiger partial charge in [-0.05, 0) is 36.6 Å². The Morgan fingerprint density at radius 2 is 1.63 bits per heavy atom. The first-order chi connectivity index (χ1) is 13.2. The van der Waals surface area contributed by atoms with Gasteiger partial charge in [0.1, 0.15) is 5.82 Å². The molecular formula is C23H27N3O. The van der Waals surface area contributed by atoms with E-state index < -0.39 is 0 Å². The molecule has 1 fully saturated rings. The van der Waals surface area contributed by atoms with Crippen molar-refractivity contribution in [3.05, 3.63) is 70.8 Å². The molecule has 0 atom stereocenters. The van der Waals surface area contributed by atoms with E-state index >= 15 is 0 Å². The number of aryl methyl sites for hydroxylation is 2. The summed E-state index contributed by atoms with van der Waals surface area (Å²) in [7, 11) is 0. The SMILES string of the molecule is Cc1ccccc1CN1CCN(c2nc3c(C)cccc3cc2CO)CC1. The average Bonchev–Trinajstić information content (AvgIpc) is 2.70. The molecule has 4 heteroatoms. The maximum absolute atomic E-state index is 9.88. The lowest BCUT2D eigenvalue weighted by atomic mass is 10.1. The summed E-state index contributed by atoms with van der Waals surface area (Å²) in [6.07, 6.45) is 0. The van der Waals surface area contributed by atoms with Crippen molar-refractivity contribution in [1.29, 1.82) is 0 Å². The molecule has 1 aliphatic rings. The Bertz CT molecular complexity index is 946. The normalized spacial score (nSPS) is 15.4. The molecule has 1 N–H and O–H groups in total. The highest BCUT2D eigenvalue weighted by atomic mass is 16.3. The number of aromatic nitrogens is 1. The fourth-order valence-corrected chi connectivity index (χ4v) is 3.92. The van der Waals surface area contributed by atoms with Crippen molar-refractivity contribution in [2.45, 2.75) is 27.0 Å². The highest BCUT2D eigenvalue weighted by molar-refractivity contribution is 5.84. The Kier molecular flexibility index (Phi) is 5.10. The van der Waals surface area contributed by atoms with Gasteiger partial charge in [0.15, 0.2) is 0 Å². The monoisotopic (exact) mass is 361 g/mol. The number of nitrogens with zero attached hydrogens (tertiary/aromatic N) is 3. The molecule has 0 unspecified atom stereocenters. The number of aliphatic hydroxyl groups is 1. The Morgan fingerprint density at radius 1 is 0.889 bits per heavy atom. The van der Waals surface area contributed by atoms with Crippen LogP contribution in [0.4, 0.5) is 5.82 Å². The molecule has 1 aliphatic heterocycles. The second-order valence-corrected chi connectivity index (χ2v) is 7.47. The number of fused-ring (bicyclic) bond motifs is 1. The van der Waals surface area contributed by atoms with Gasteiger partial charge in [0.25, 0.3) is 0 Å².